The summed E-state index contributed by atoms with van der Waals surface area (Å²) in [5, 5.41) is 14.5. The Morgan fingerprint density at radius 2 is 1.87 bits per heavy atom. The number of fused-ring (bicyclic) bond motifs is 1. The maximum Gasteiger partial charge on any atom is 0.291 e. The van der Waals surface area contributed by atoms with E-state index in [1.165, 1.54) is 18.2 Å². The number of nitro benzene ring substituents is 1. The summed E-state index contributed by atoms with van der Waals surface area (Å²) >= 11 is 0. The summed E-state index contributed by atoms with van der Waals surface area (Å²) in [6.45, 7) is 3.31. The van der Waals surface area contributed by atoms with Crippen molar-refractivity contribution in [1.29, 1.82) is 0 Å². The van der Waals surface area contributed by atoms with Crippen LogP contribution < -0.4 is 5.32 Å². The Balaban J connectivity index is 1.71. The Hall–Kier alpha value is -3.72. The standard InChI is InChI=1S/C21H19N3O6/c1-13-6-7-14(12-16(13)24(27)28)20(25)22-18-15-4-2-3-5-17(15)30-19(18)21(26)23-8-10-29-11-9-23/h2-7,12H,8-11H2,1H3,(H,22,25). The largest absolute Gasteiger partial charge is 0.449 e. The number of hydrogen-bond donors (Lipinski definition) is 1. The number of anilines is 1. The lowest BCUT2D eigenvalue weighted by Gasteiger charge is -2.26. The number of furan rings is 1. The Labute approximate surface area is 171 Å². The van der Waals surface area contributed by atoms with E-state index >= 15 is 0 Å². The first-order valence-corrected chi connectivity index (χ1v) is 9.40. The van der Waals surface area contributed by atoms with Gasteiger partial charge in [-0.3, -0.25) is 19.7 Å². The van der Waals surface area contributed by atoms with Crippen molar-refractivity contribution in [2.45, 2.75) is 6.92 Å². The van der Waals surface area contributed by atoms with Crippen molar-refractivity contribution in [1.82, 2.24) is 4.90 Å². The maximum atomic E-state index is 13.0. The molecule has 1 N–H and O–H groups in total. The van der Waals surface area contributed by atoms with Crippen LogP contribution in [-0.4, -0.2) is 47.9 Å². The molecule has 154 valence electrons. The number of aryl methyl sites for hydroxylation is 1. The first kappa shape index (κ1) is 19.6. The molecule has 1 aromatic heterocycles. The van der Waals surface area contributed by atoms with E-state index in [1.807, 2.05) is 0 Å². The number of carbonyl (C=O) groups excluding carboxylic acids is 2. The van der Waals surface area contributed by atoms with Gasteiger partial charge in [0, 0.05) is 35.7 Å². The number of carbonyl (C=O) groups is 2. The molecule has 1 fully saturated rings. The Kier molecular flexibility index (Phi) is 5.20. The number of amides is 2. The van der Waals surface area contributed by atoms with E-state index in [0.717, 1.165) is 0 Å². The molecule has 1 aliphatic heterocycles. The highest BCUT2D eigenvalue weighted by molar-refractivity contribution is 6.14. The molecular weight excluding hydrogens is 390 g/mol. The fourth-order valence-corrected chi connectivity index (χ4v) is 3.36. The van der Waals surface area contributed by atoms with Gasteiger partial charge in [-0.1, -0.05) is 18.2 Å². The maximum absolute atomic E-state index is 13.0. The molecule has 1 saturated heterocycles. The van der Waals surface area contributed by atoms with Crippen molar-refractivity contribution in [2.24, 2.45) is 0 Å². The molecule has 1 aliphatic rings. The van der Waals surface area contributed by atoms with Gasteiger partial charge in [0.15, 0.2) is 0 Å². The van der Waals surface area contributed by atoms with Crippen molar-refractivity contribution in [2.75, 3.05) is 31.6 Å². The number of hydrogen-bond acceptors (Lipinski definition) is 6. The van der Waals surface area contributed by atoms with Crippen LogP contribution in [0.5, 0.6) is 0 Å². The van der Waals surface area contributed by atoms with Crippen LogP contribution >= 0.6 is 0 Å². The highest BCUT2D eigenvalue weighted by Gasteiger charge is 2.28. The molecule has 0 radical (unpaired) electrons. The quantitative estimate of drug-likeness (QED) is 0.522. The van der Waals surface area contributed by atoms with Gasteiger partial charge in [-0.25, -0.2) is 0 Å². The molecule has 30 heavy (non-hydrogen) atoms. The SMILES string of the molecule is Cc1ccc(C(=O)Nc2c(C(=O)N3CCOCC3)oc3ccccc23)cc1[N+](=O)[O-]. The third-order valence-corrected chi connectivity index (χ3v) is 4.99. The highest BCUT2D eigenvalue weighted by Crippen LogP contribution is 2.32. The summed E-state index contributed by atoms with van der Waals surface area (Å²) in [6.07, 6.45) is 0. The Morgan fingerprint density at radius 3 is 2.60 bits per heavy atom. The summed E-state index contributed by atoms with van der Waals surface area (Å²) in [7, 11) is 0. The molecule has 2 heterocycles. The van der Waals surface area contributed by atoms with Crippen LogP contribution in [0.15, 0.2) is 46.9 Å². The third kappa shape index (κ3) is 3.62. The number of nitrogens with one attached hydrogen (secondary N) is 1. The zero-order chi connectivity index (χ0) is 21.3. The lowest BCUT2D eigenvalue weighted by Crippen LogP contribution is -2.40. The second-order valence-electron chi connectivity index (χ2n) is 6.92. The summed E-state index contributed by atoms with van der Waals surface area (Å²) in [5.41, 5.74) is 1.12. The molecule has 0 bridgehead atoms. The van der Waals surface area contributed by atoms with Crippen LogP contribution in [0.4, 0.5) is 11.4 Å². The van der Waals surface area contributed by atoms with Gasteiger partial charge >= 0.3 is 0 Å². The van der Waals surface area contributed by atoms with E-state index in [9.17, 15) is 19.7 Å². The fraction of sp³-hybridized carbons (Fsp3) is 0.238. The summed E-state index contributed by atoms with van der Waals surface area (Å²) < 4.78 is 11.1. The monoisotopic (exact) mass is 409 g/mol. The van der Waals surface area contributed by atoms with Gasteiger partial charge in [-0.15, -0.1) is 0 Å². The van der Waals surface area contributed by atoms with Gasteiger partial charge < -0.3 is 19.4 Å². The Bertz CT molecular complexity index is 1150. The molecule has 0 aliphatic carbocycles. The van der Waals surface area contributed by atoms with E-state index in [4.69, 9.17) is 9.15 Å². The van der Waals surface area contributed by atoms with Gasteiger partial charge in [-0.05, 0) is 25.1 Å². The highest BCUT2D eigenvalue weighted by atomic mass is 16.6. The molecule has 9 nitrogen and oxygen atoms in total. The fourth-order valence-electron chi connectivity index (χ4n) is 3.36. The van der Waals surface area contributed by atoms with E-state index in [2.05, 4.69) is 5.32 Å². The Morgan fingerprint density at radius 1 is 1.13 bits per heavy atom. The van der Waals surface area contributed by atoms with Gasteiger partial charge in [0.2, 0.25) is 5.76 Å². The van der Waals surface area contributed by atoms with Gasteiger partial charge in [-0.2, -0.15) is 0 Å². The summed E-state index contributed by atoms with van der Waals surface area (Å²) in [4.78, 5) is 38.2. The summed E-state index contributed by atoms with van der Waals surface area (Å²) in [5.74, 6) is -0.895. The van der Waals surface area contributed by atoms with Gasteiger partial charge in [0.05, 0.1) is 18.1 Å². The molecule has 0 atom stereocenters. The van der Waals surface area contributed by atoms with Crippen LogP contribution in [-0.2, 0) is 4.74 Å². The molecular formula is C21H19N3O6. The van der Waals surface area contributed by atoms with Crippen LogP contribution in [0.3, 0.4) is 0 Å². The summed E-state index contributed by atoms with van der Waals surface area (Å²) in [6, 6.07) is 11.2. The zero-order valence-corrected chi connectivity index (χ0v) is 16.2. The van der Waals surface area contributed by atoms with Crippen molar-refractivity contribution >= 4 is 34.2 Å². The molecule has 2 amide bonds. The van der Waals surface area contributed by atoms with Crippen LogP contribution in [0.25, 0.3) is 11.0 Å². The van der Waals surface area contributed by atoms with Gasteiger partial charge in [0.1, 0.15) is 11.3 Å². The normalized spacial score (nSPS) is 14.0. The minimum Gasteiger partial charge on any atom is -0.449 e. The number of nitro groups is 1. The number of ether oxygens (including phenoxy) is 1. The average Bonchev–Trinajstić information content (AvgIpc) is 3.12. The van der Waals surface area contributed by atoms with Gasteiger partial charge in [0.25, 0.3) is 17.5 Å². The first-order valence-electron chi connectivity index (χ1n) is 9.40. The van der Waals surface area contributed by atoms with Crippen LogP contribution in [0, 0.1) is 17.0 Å². The molecule has 3 aromatic rings. The minimum absolute atomic E-state index is 0.0214. The van der Waals surface area contributed by atoms with Crippen LogP contribution in [0.2, 0.25) is 0 Å². The third-order valence-electron chi connectivity index (χ3n) is 4.99. The lowest BCUT2D eigenvalue weighted by atomic mass is 10.1. The van der Waals surface area contributed by atoms with Crippen molar-refractivity contribution in [3.05, 3.63) is 69.5 Å². The predicted octanol–water partition coefficient (Wildman–Crippen LogP) is 3.37. The molecule has 0 unspecified atom stereocenters. The second kappa shape index (κ2) is 7.96. The number of benzene rings is 2. The minimum atomic E-state index is -0.569. The first-order chi connectivity index (χ1) is 14.5. The zero-order valence-electron chi connectivity index (χ0n) is 16.2. The number of para-hydroxylation sites is 1. The predicted molar refractivity (Wildman–Crippen MR) is 109 cm³/mol. The number of morpholine rings is 1. The average molecular weight is 409 g/mol. The second-order valence-corrected chi connectivity index (χ2v) is 6.92. The van der Waals surface area contributed by atoms with Crippen molar-refractivity contribution in [3.63, 3.8) is 0 Å². The molecule has 2 aromatic carbocycles. The molecule has 9 heteroatoms. The van der Waals surface area contributed by atoms with E-state index < -0.39 is 10.8 Å². The lowest BCUT2D eigenvalue weighted by molar-refractivity contribution is -0.385. The van der Waals surface area contributed by atoms with Crippen molar-refractivity contribution in [3.8, 4) is 0 Å². The molecule has 0 saturated carbocycles. The van der Waals surface area contributed by atoms with E-state index in [-0.39, 0.29) is 28.6 Å². The molecule has 4 rings (SSSR count). The topological polar surface area (TPSA) is 115 Å². The van der Waals surface area contributed by atoms with Crippen LogP contribution in [0.1, 0.15) is 26.5 Å². The van der Waals surface area contributed by atoms with Crippen molar-refractivity contribution < 1.29 is 23.7 Å². The van der Waals surface area contributed by atoms with E-state index in [1.54, 1.807) is 36.1 Å². The molecule has 0 spiro atoms. The number of nitrogens with zero attached hydrogens (tertiary/aromatic N) is 2. The smallest absolute Gasteiger partial charge is 0.291 e. The van der Waals surface area contributed by atoms with E-state index in [0.29, 0.717) is 42.8 Å². The number of rotatable bonds is 4.